The van der Waals surface area contributed by atoms with Crippen molar-refractivity contribution in [1.29, 1.82) is 0 Å². The van der Waals surface area contributed by atoms with E-state index >= 15 is 0 Å². The maximum Gasteiger partial charge on any atom is 0.256 e. The van der Waals surface area contributed by atoms with Gasteiger partial charge in [0.1, 0.15) is 0 Å². The summed E-state index contributed by atoms with van der Waals surface area (Å²) in [4.78, 5) is 7.05. The van der Waals surface area contributed by atoms with E-state index in [1.165, 1.54) is 21.0 Å². The summed E-state index contributed by atoms with van der Waals surface area (Å²) in [6.45, 7) is 7.40. The van der Waals surface area contributed by atoms with E-state index in [4.69, 9.17) is 0 Å². The van der Waals surface area contributed by atoms with Gasteiger partial charge in [-0.1, -0.05) is 12.1 Å². The highest BCUT2D eigenvalue weighted by molar-refractivity contribution is 7.13. The molecule has 2 atom stereocenters. The molecule has 3 fully saturated rings. The average Bonchev–Trinajstić information content (AvgIpc) is 3.09. The number of halogens is 2. The molecule has 1 saturated carbocycles. The van der Waals surface area contributed by atoms with Crippen LogP contribution in [0.1, 0.15) is 34.2 Å². The summed E-state index contributed by atoms with van der Waals surface area (Å²) >= 11 is 1.75. The minimum Gasteiger partial charge on any atom is -0.373 e. The van der Waals surface area contributed by atoms with E-state index in [1.54, 1.807) is 11.3 Å². The van der Waals surface area contributed by atoms with Crippen molar-refractivity contribution in [3.05, 3.63) is 51.7 Å². The number of anilines is 2. The van der Waals surface area contributed by atoms with Crippen LogP contribution in [0, 0.1) is 12.3 Å². The topological polar surface area (TPSA) is 30.5 Å². The molecule has 31 heavy (non-hydrogen) atoms. The lowest BCUT2D eigenvalue weighted by atomic mass is 10.0. The van der Waals surface area contributed by atoms with E-state index in [0.29, 0.717) is 19.5 Å². The zero-order chi connectivity index (χ0) is 21.2. The fourth-order valence-corrected chi connectivity index (χ4v) is 6.43. The number of nitrogens with zero attached hydrogens (tertiary/aromatic N) is 2. The fraction of sp³-hybridized carbons (Fsp3) is 0.500. The average molecular weight is 443 g/mol. The zero-order valence-corrected chi connectivity index (χ0v) is 18.6. The van der Waals surface area contributed by atoms with Crippen LogP contribution in [-0.4, -0.2) is 50.1 Å². The third kappa shape index (κ3) is 3.24. The van der Waals surface area contributed by atoms with Crippen molar-refractivity contribution in [2.75, 3.05) is 49.5 Å². The number of aryl methyl sites for hydroxylation is 1. The molecule has 0 radical (unpaired) electrons. The molecule has 0 amide bonds. The van der Waals surface area contributed by atoms with E-state index in [-0.39, 0.29) is 12.5 Å². The maximum absolute atomic E-state index is 14.0. The molecule has 0 bridgehead atoms. The van der Waals surface area contributed by atoms with Crippen molar-refractivity contribution in [1.82, 2.24) is 10.2 Å². The summed E-state index contributed by atoms with van der Waals surface area (Å²) in [7, 11) is 0. The SMILES string of the molecule is Cc1cc2c(s1)C(N1CCC3(C1)CC3(F)F)=CC(c1ccc(N3CCNCC3)cc1)N2. The number of thiophene rings is 1. The molecule has 2 unspecified atom stereocenters. The lowest BCUT2D eigenvalue weighted by Crippen LogP contribution is -2.43. The molecule has 4 nitrogen and oxygen atoms in total. The molecule has 2 saturated heterocycles. The number of nitrogens with one attached hydrogen (secondary N) is 2. The van der Waals surface area contributed by atoms with Crippen molar-refractivity contribution in [2.45, 2.75) is 31.7 Å². The van der Waals surface area contributed by atoms with Gasteiger partial charge in [0.05, 0.1) is 27.7 Å². The molecule has 2 N–H and O–H groups in total. The van der Waals surface area contributed by atoms with Gasteiger partial charge in [-0.2, -0.15) is 0 Å². The van der Waals surface area contributed by atoms with Gasteiger partial charge in [0.15, 0.2) is 0 Å². The first kappa shape index (κ1) is 19.6. The van der Waals surface area contributed by atoms with Crippen LogP contribution in [-0.2, 0) is 0 Å². The lowest BCUT2D eigenvalue weighted by molar-refractivity contribution is 0.0682. The van der Waals surface area contributed by atoms with E-state index in [1.807, 2.05) is 0 Å². The zero-order valence-electron chi connectivity index (χ0n) is 17.8. The monoisotopic (exact) mass is 442 g/mol. The van der Waals surface area contributed by atoms with Gasteiger partial charge in [-0.25, -0.2) is 8.78 Å². The largest absolute Gasteiger partial charge is 0.373 e. The van der Waals surface area contributed by atoms with Gasteiger partial charge in [-0.3, -0.25) is 0 Å². The minimum absolute atomic E-state index is 0.0461. The van der Waals surface area contributed by atoms with Crippen molar-refractivity contribution >= 4 is 28.4 Å². The first-order valence-corrected chi connectivity index (χ1v) is 12.0. The first-order valence-electron chi connectivity index (χ1n) is 11.2. The van der Waals surface area contributed by atoms with Gasteiger partial charge in [-0.05, 0) is 43.2 Å². The highest BCUT2D eigenvalue weighted by Gasteiger charge is 2.72. The predicted molar refractivity (Wildman–Crippen MR) is 123 cm³/mol. The molecule has 1 aromatic heterocycles. The van der Waals surface area contributed by atoms with Gasteiger partial charge in [-0.15, -0.1) is 11.3 Å². The summed E-state index contributed by atoms with van der Waals surface area (Å²) in [5.41, 5.74) is 3.93. The van der Waals surface area contributed by atoms with Crippen LogP contribution < -0.4 is 15.5 Å². The Morgan fingerprint density at radius 1 is 1.06 bits per heavy atom. The molecule has 1 spiro atoms. The molecule has 2 aromatic rings. The van der Waals surface area contributed by atoms with Crippen LogP contribution >= 0.6 is 11.3 Å². The molecule has 1 aromatic carbocycles. The Labute approximate surface area is 185 Å². The number of piperazine rings is 1. The van der Waals surface area contributed by atoms with Gasteiger partial charge in [0, 0.05) is 56.3 Å². The number of rotatable bonds is 3. The summed E-state index contributed by atoms with van der Waals surface area (Å²) in [6.07, 6.45) is 2.89. The van der Waals surface area contributed by atoms with Crippen LogP contribution in [0.15, 0.2) is 36.4 Å². The number of hydrogen-bond donors (Lipinski definition) is 2. The molecule has 3 aliphatic heterocycles. The molecular formula is C24H28F2N4S. The van der Waals surface area contributed by atoms with Crippen molar-refractivity contribution in [3.8, 4) is 0 Å². The molecular weight excluding hydrogens is 414 g/mol. The Kier molecular flexibility index (Phi) is 4.38. The van der Waals surface area contributed by atoms with Crippen LogP contribution in [0.2, 0.25) is 0 Å². The second-order valence-electron chi connectivity index (χ2n) is 9.44. The Balaban J connectivity index is 1.28. The van der Waals surface area contributed by atoms with Crippen molar-refractivity contribution in [2.24, 2.45) is 5.41 Å². The van der Waals surface area contributed by atoms with Gasteiger partial charge in [0.25, 0.3) is 5.92 Å². The molecule has 4 aliphatic rings. The fourth-order valence-electron chi connectivity index (χ4n) is 5.40. The standard InChI is InChI=1S/C24H28F2N4S/c1-16-12-20-22(31-16)21(30-9-6-23(15-30)14-24(23,25)26)13-19(28-20)17-2-4-18(5-3-17)29-10-7-27-8-11-29/h2-5,12-13,19,27-28H,6-11,14-15H2,1H3. The van der Waals surface area contributed by atoms with Crippen LogP contribution in [0.25, 0.3) is 5.70 Å². The molecule has 1 aliphatic carbocycles. The number of likely N-dealkylation sites (tertiary alicyclic amines) is 1. The van der Waals surface area contributed by atoms with E-state index in [0.717, 1.165) is 37.6 Å². The quantitative estimate of drug-likeness (QED) is 0.721. The lowest BCUT2D eigenvalue weighted by Gasteiger charge is -2.31. The van der Waals surface area contributed by atoms with Crippen molar-refractivity contribution < 1.29 is 8.78 Å². The van der Waals surface area contributed by atoms with E-state index < -0.39 is 11.3 Å². The normalized spacial score (nSPS) is 29.0. The molecule has 6 rings (SSSR count). The molecule has 4 heterocycles. The van der Waals surface area contributed by atoms with E-state index in [2.05, 4.69) is 63.8 Å². The third-order valence-electron chi connectivity index (χ3n) is 7.36. The second kappa shape index (κ2) is 6.94. The summed E-state index contributed by atoms with van der Waals surface area (Å²) in [5.74, 6) is -2.48. The highest BCUT2D eigenvalue weighted by atomic mass is 32.1. The maximum atomic E-state index is 14.0. The summed E-state index contributed by atoms with van der Waals surface area (Å²) < 4.78 is 28.0. The Bertz CT molecular complexity index is 1020. The highest BCUT2D eigenvalue weighted by Crippen LogP contribution is 2.66. The predicted octanol–water partition coefficient (Wildman–Crippen LogP) is 4.70. The van der Waals surface area contributed by atoms with Gasteiger partial charge < -0.3 is 20.4 Å². The number of benzene rings is 1. The Hall–Kier alpha value is -2.12. The van der Waals surface area contributed by atoms with E-state index in [9.17, 15) is 8.78 Å². The van der Waals surface area contributed by atoms with Crippen LogP contribution in [0.3, 0.4) is 0 Å². The number of alkyl halides is 2. The smallest absolute Gasteiger partial charge is 0.256 e. The molecule has 7 heteroatoms. The summed E-state index contributed by atoms with van der Waals surface area (Å²) in [5, 5.41) is 7.07. The van der Waals surface area contributed by atoms with Crippen LogP contribution in [0.4, 0.5) is 20.2 Å². The number of hydrogen-bond acceptors (Lipinski definition) is 5. The van der Waals surface area contributed by atoms with Gasteiger partial charge >= 0.3 is 0 Å². The number of fused-ring (bicyclic) bond motifs is 1. The second-order valence-corrected chi connectivity index (χ2v) is 10.7. The van der Waals surface area contributed by atoms with Crippen molar-refractivity contribution in [3.63, 3.8) is 0 Å². The third-order valence-corrected chi connectivity index (χ3v) is 8.44. The molecule has 164 valence electrons. The summed E-state index contributed by atoms with van der Waals surface area (Å²) in [6, 6.07) is 11.1. The first-order chi connectivity index (χ1) is 14.9. The minimum atomic E-state index is -2.48. The van der Waals surface area contributed by atoms with Crippen LogP contribution in [0.5, 0.6) is 0 Å². The Morgan fingerprint density at radius 2 is 1.81 bits per heavy atom. The van der Waals surface area contributed by atoms with Gasteiger partial charge in [0.2, 0.25) is 0 Å². The Morgan fingerprint density at radius 3 is 2.48 bits per heavy atom.